The molecule has 1 saturated heterocycles. The van der Waals surface area contributed by atoms with Gasteiger partial charge in [0.25, 0.3) is 0 Å². The third-order valence-corrected chi connectivity index (χ3v) is 11.4. The van der Waals surface area contributed by atoms with Gasteiger partial charge in [0.1, 0.15) is 48.0 Å². The van der Waals surface area contributed by atoms with Gasteiger partial charge in [-0.2, -0.15) is 0 Å². The van der Waals surface area contributed by atoms with Crippen LogP contribution in [-0.4, -0.2) is 192 Å². The van der Waals surface area contributed by atoms with E-state index in [4.69, 9.17) is 22.9 Å². The number of rotatable bonds is 33. The second-order valence-electron chi connectivity index (χ2n) is 17.5. The molecule has 0 bridgehead atoms. The maximum absolute atomic E-state index is 14.1. The summed E-state index contributed by atoms with van der Waals surface area (Å²) in [4.78, 5) is 180. The summed E-state index contributed by atoms with van der Waals surface area (Å²) < 4.78 is 0. The number of carboxylic acid groups (broad SMARTS) is 3. The maximum atomic E-state index is 14.1. The van der Waals surface area contributed by atoms with Crippen LogP contribution in [0.5, 0.6) is 5.75 Å². The Bertz CT molecular complexity index is 2330. The Morgan fingerprint density at radius 2 is 1.08 bits per heavy atom. The Balaban J connectivity index is 2.39. The lowest BCUT2D eigenvalue weighted by atomic mass is 10.0. The second kappa shape index (κ2) is 30.6. The van der Waals surface area contributed by atoms with Crippen molar-refractivity contribution in [3.8, 4) is 5.75 Å². The van der Waals surface area contributed by atoms with Gasteiger partial charge in [0.15, 0.2) is 6.04 Å². The zero-order valence-corrected chi connectivity index (χ0v) is 40.9. The van der Waals surface area contributed by atoms with Gasteiger partial charge in [-0.05, 0) is 56.7 Å². The number of likely N-dealkylation sites (tertiary alicyclic amines) is 1. The van der Waals surface area contributed by atoms with E-state index in [2.05, 4.69) is 31.9 Å². The van der Waals surface area contributed by atoms with Crippen molar-refractivity contribution >= 4 is 82.9 Å². The minimum absolute atomic E-state index is 0.0871. The molecule has 0 aliphatic carbocycles. The smallest absolute Gasteiger partial charge is 0.328 e. The lowest BCUT2D eigenvalue weighted by Gasteiger charge is -2.30. The second-order valence-corrected chi connectivity index (χ2v) is 17.5. The zero-order valence-electron chi connectivity index (χ0n) is 40.9. The number of phenolic OH excluding ortho intramolecular Hbond substituents is 1. The van der Waals surface area contributed by atoms with E-state index >= 15 is 0 Å². The molecule has 1 aliphatic rings. The molecular weight excluding hydrogens is 1020 g/mol. The molecule has 11 amide bonds. The van der Waals surface area contributed by atoms with Crippen molar-refractivity contribution in [2.75, 3.05) is 13.2 Å². The van der Waals surface area contributed by atoms with Gasteiger partial charge in [-0.3, -0.25) is 62.3 Å². The van der Waals surface area contributed by atoms with Gasteiger partial charge in [-0.1, -0.05) is 12.1 Å². The number of carboxylic acids is 3. The zero-order chi connectivity index (χ0) is 57.6. The van der Waals surface area contributed by atoms with Crippen LogP contribution in [0.15, 0.2) is 24.3 Å². The monoisotopic (exact) mass is 1080 g/mol. The lowest BCUT2D eigenvalue weighted by Crippen LogP contribution is -2.61. The first-order chi connectivity index (χ1) is 35.5. The number of hydrogen-bond acceptors (Lipinski definition) is 18. The van der Waals surface area contributed by atoms with Gasteiger partial charge in [-0.25, -0.2) is 4.79 Å². The van der Waals surface area contributed by atoms with Gasteiger partial charge in [-0.15, -0.1) is 0 Å². The molecule has 0 radical (unpaired) electrons. The first-order valence-electron chi connectivity index (χ1n) is 23.3. The van der Waals surface area contributed by atoms with Gasteiger partial charge >= 0.3 is 17.9 Å². The number of nitrogens with one attached hydrogen (secondary N) is 7. The van der Waals surface area contributed by atoms with E-state index in [0.717, 1.165) is 11.8 Å². The fourth-order valence-electron chi connectivity index (χ4n) is 7.36. The summed E-state index contributed by atoms with van der Waals surface area (Å²) in [7, 11) is 0. The fourth-order valence-corrected chi connectivity index (χ4v) is 7.36. The predicted octanol–water partition coefficient (Wildman–Crippen LogP) is -8.15. The molecule has 2 rings (SSSR count). The Morgan fingerprint density at radius 1 is 0.592 bits per heavy atom. The first kappa shape index (κ1) is 63.6. The summed E-state index contributed by atoms with van der Waals surface area (Å²) in [6, 6.07) is -10.7. The van der Waals surface area contributed by atoms with Crippen LogP contribution in [0, 0.1) is 0 Å². The van der Waals surface area contributed by atoms with Crippen molar-refractivity contribution in [3.63, 3.8) is 0 Å². The highest BCUT2D eigenvalue weighted by molar-refractivity contribution is 6.00. The van der Waals surface area contributed by atoms with E-state index in [0.29, 0.717) is 5.56 Å². The molecule has 1 aliphatic heterocycles. The van der Waals surface area contributed by atoms with Crippen molar-refractivity contribution in [2.45, 2.75) is 138 Å². The van der Waals surface area contributed by atoms with E-state index in [1.165, 1.54) is 24.3 Å². The van der Waals surface area contributed by atoms with Crippen LogP contribution in [0.3, 0.4) is 0 Å². The first-order valence-corrected chi connectivity index (χ1v) is 23.3. The molecule has 32 heteroatoms. The standard InChI is InChI=1S/C44H64N12O20/c1-19(58)35(44(75)76)55-40(71)25(15-20-4-6-21(59)7-5-20)52-42(73)29-3-2-14-56(29)43(74)27(17-34(65)66)53-37(68)24(10-13-33(63)64)50-39(70)26(16-32(48)62)51-41(72)28(18-57)54-38(69)23(9-12-31(47)61)49-36(67)22(45)8-11-30(46)60/h4-7,19,22-29,35,57-59H,2-3,8-18,45H2,1H3,(H2,46,60)(H2,47,61)(H2,48,62)(H,49,67)(H,50,70)(H,51,72)(H,52,73)(H,53,68)(H,54,69)(H,55,71)(H,63,64)(H,65,66)(H,75,76)/t19-,22+,23+,24+,25+,26+,27+,28+,29+,35+/m1/s1. The van der Waals surface area contributed by atoms with Crippen molar-refractivity contribution in [1.29, 1.82) is 0 Å². The number of aliphatic hydroxyl groups is 2. The molecule has 1 aromatic rings. The number of carbonyl (C=O) groups is 14. The molecule has 21 N–H and O–H groups in total. The lowest BCUT2D eigenvalue weighted by molar-refractivity contribution is -0.146. The number of nitrogens with two attached hydrogens (primary N) is 4. The summed E-state index contributed by atoms with van der Waals surface area (Å²) in [6.45, 7) is -0.353. The number of carbonyl (C=O) groups excluding carboxylic acids is 11. The van der Waals surface area contributed by atoms with E-state index in [-0.39, 0.29) is 44.4 Å². The largest absolute Gasteiger partial charge is 0.508 e. The molecule has 0 aromatic heterocycles. The molecule has 1 fully saturated rings. The molecule has 420 valence electrons. The minimum Gasteiger partial charge on any atom is -0.508 e. The highest BCUT2D eigenvalue weighted by Crippen LogP contribution is 2.21. The SMILES string of the molecule is C[C@@H](O)[C@H](NC(=O)[C@H](Cc1ccc(O)cc1)NC(=O)[C@@H]1CCCN1C(=O)[C@H](CC(=O)O)NC(=O)[C@H](CCC(=O)O)NC(=O)[C@H](CC(N)=O)NC(=O)[C@H](CO)NC(=O)[C@H](CCC(N)=O)NC(=O)[C@@H](N)CCC(N)=O)C(=O)O. The molecule has 76 heavy (non-hydrogen) atoms. The van der Waals surface area contributed by atoms with Gasteiger partial charge in [0, 0.05) is 32.2 Å². The third kappa shape index (κ3) is 21.5. The predicted molar refractivity (Wildman–Crippen MR) is 254 cm³/mol. The Hall–Kier alpha value is -8.52. The maximum Gasteiger partial charge on any atom is 0.328 e. The third-order valence-electron chi connectivity index (χ3n) is 11.4. The number of hydrogen-bond donors (Lipinski definition) is 17. The van der Waals surface area contributed by atoms with Gasteiger partial charge in [0.2, 0.25) is 65.0 Å². The number of nitrogens with zero attached hydrogens (tertiary/aromatic N) is 1. The van der Waals surface area contributed by atoms with Gasteiger partial charge in [0.05, 0.1) is 31.6 Å². The number of phenols is 1. The number of aromatic hydroxyl groups is 1. The Labute approximate surface area is 431 Å². The average Bonchev–Trinajstić information content (AvgIpc) is 3.83. The highest BCUT2D eigenvalue weighted by Gasteiger charge is 2.41. The van der Waals surface area contributed by atoms with Crippen LogP contribution >= 0.6 is 0 Å². The van der Waals surface area contributed by atoms with Crippen LogP contribution < -0.4 is 60.2 Å². The van der Waals surface area contributed by atoms with Crippen molar-refractivity contribution in [3.05, 3.63) is 29.8 Å². The number of primary amides is 3. The van der Waals surface area contributed by atoms with Crippen molar-refractivity contribution in [1.82, 2.24) is 42.1 Å². The molecule has 10 atom stereocenters. The van der Waals surface area contributed by atoms with Crippen molar-refractivity contribution < 1.29 is 97.8 Å². The average molecular weight is 1080 g/mol. The quantitative estimate of drug-likeness (QED) is 0.0311. The molecule has 1 aromatic carbocycles. The number of amides is 11. The molecule has 1 heterocycles. The molecule has 0 unspecified atom stereocenters. The molecule has 0 saturated carbocycles. The summed E-state index contributed by atoms with van der Waals surface area (Å²) in [5.74, 6) is -17.6. The Kier molecular flexibility index (Phi) is 25.6. The summed E-state index contributed by atoms with van der Waals surface area (Å²) in [5, 5.41) is 73.7. The minimum atomic E-state index is -2.06. The summed E-state index contributed by atoms with van der Waals surface area (Å²) in [6.07, 6.45) is -7.29. The summed E-state index contributed by atoms with van der Waals surface area (Å²) >= 11 is 0. The Morgan fingerprint density at radius 3 is 1.59 bits per heavy atom. The molecule has 0 spiro atoms. The van der Waals surface area contributed by atoms with Crippen LogP contribution in [-0.2, 0) is 73.5 Å². The van der Waals surface area contributed by atoms with Gasteiger partial charge < -0.3 is 95.7 Å². The molecule has 32 nitrogen and oxygen atoms in total. The number of benzene rings is 1. The van der Waals surface area contributed by atoms with Crippen LogP contribution in [0.4, 0.5) is 0 Å². The highest BCUT2D eigenvalue weighted by atomic mass is 16.4. The van der Waals surface area contributed by atoms with Crippen LogP contribution in [0.1, 0.15) is 76.7 Å². The van der Waals surface area contributed by atoms with E-state index in [1.54, 1.807) is 0 Å². The number of aliphatic hydroxyl groups excluding tert-OH is 2. The van der Waals surface area contributed by atoms with E-state index < -0.39 is 188 Å². The summed E-state index contributed by atoms with van der Waals surface area (Å²) in [5.41, 5.74) is 21.7. The fraction of sp³-hybridized carbons (Fsp3) is 0.545. The van der Waals surface area contributed by atoms with Crippen LogP contribution in [0.25, 0.3) is 0 Å². The normalized spacial score (nSPS) is 16.5. The number of aliphatic carboxylic acids is 3. The van der Waals surface area contributed by atoms with Crippen molar-refractivity contribution in [2.24, 2.45) is 22.9 Å². The van der Waals surface area contributed by atoms with E-state index in [1.807, 2.05) is 5.32 Å². The molecular formula is C44H64N12O20. The topological polar surface area (TPSA) is 552 Å². The van der Waals surface area contributed by atoms with E-state index in [9.17, 15) is 97.8 Å². The van der Waals surface area contributed by atoms with Crippen LogP contribution in [0.2, 0.25) is 0 Å².